The first-order valence-corrected chi connectivity index (χ1v) is 6.88. The van der Waals surface area contributed by atoms with Gasteiger partial charge < -0.3 is 4.74 Å². The van der Waals surface area contributed by atoms with E-state index in [1.165, 1.54) is 6.07 Å². The van der Waals surface area contributed by atoms with Crippen LogP contribution in [0.15, 0.2) is 18.2 Å². The van der Waals surface area contributed by atoms with Crippen LogP contribution in [0.5, 0.6) is 5.75 Å². The molecule has 0 aliphatic heterocycles. The Morgan fingerprint density at radius 3 is 2.43 bits per heavy atom. The van der Waals surface area contributed by atoms with E-state index in [-0.39, 0.29) is 17.3 Å². The van der Waals surface area contributed by atoms with Crippen molar-refractivity contribution in [2.75, 3.05) is 0 Å². The zero-order valence-electron chi connectivity index (χ0n) is 12.0. The molecule has 1 aromatic rings. The molecule has 0 saturated heterocycles. The van der Waals surface area contributed by atoms with Gasteiger partial charge in [-0.1, -0.05) is 26.7 Å². The predicted octanol–water partition coefficient (Wildman–Crippen LogP) is 5.12. The van der Waals surface area contributed by atoms with E-state index < -0.39 is 17.9 Å². The molecule has 2 nitrogen and oxygen atoms in total. The van der Waals surface area contributed by atoms with Gasteiger partial charge >= 0.3 is 6.36 Å². The zero-order valence-corrected chi connectivity index (χ0v) is 12.0. The maximum absolute atomic E-state index is 13.6. The SMILES string of the molecule is CCCCC(CC)C(=O)c1ccc(OC(F)(F)F)c(F)c1. The van der Waals surface area contributed by atoms with Gasteiger partial charge in [0.15, 0.2) is 17.3 Å². The van der Waals surface area contributed by atoms with Gasteiger partial charge in [-0.2, -0.15) is 0 Å². The van der Waals surface area contributed by atoms with E-state index >= 15 is 0 Å². The van der Waals surface area contributed by atoms with Gasteiger partial charge in [-0.3, -0.25) is 4.79 Å². The fourth-order valence-electron chi connectivity index (χ4n) is 2.07. The highest BCUT2D eigenvalue weighted by Gasteiger charge is 2.32. The lowest BCUT2D eigenvalue weighted by molar-refractivity contribution is -0.275. The van der Waals surface area contributed by atoms with E-state index in [0.717, 1.165) is 25.0 Å². The molecule has 0 spiro atoms. The predicted molar refractivity (Wildman–Crippen MR) is 70.7 cm³/mol. The fourth-order valence-corrected chi connectivity index (χ4v) is 2.07. The summed E-state index contributed by atoms with van der Waals surface area (Å²) in [7, 11) is 0. The normalized spacial score (nSPS) is 13.0. The highest BCUT2D eigenvalue weighted by Crippen LogP contribution is 2.27. The zero-order chi connectivity index (χ0) is 16.0. The van der Waals surface area contributed by atoms with Crippen LogP contribution in [-0.2, 0) is 0 Å². The van der Waals surface area contributed by atoms with Crippen LogP contribution in [0.1, 0.15) is 49.9 Å². The molecule has 1 atom stereocenters. The summed E-state index contributed by atoms with van der Waals surface area (Å²) >= 11 is 0. The first-order valence-electron chi connectivity index (χ1n) is 6.88. The van der Waals surface area contributed by atoms with Crippen molar-refractivity contribution in [1.82, 2.24) is 0 Å². The Labute approximate surface area is 121 Å². The highest BCUT2D eigenvalue weighted by atomic mass is 19.4. The number of benzene rings is 1. The molecule has 0 aliphatic rings. The summed E-state index contributed by atoms with van der Waals surface area (Å²) in [6.07, 6.45) is -1.84. The van der Waals surface area contributed by atoms with E-state index in [1.54, 1.807) is 0 Å². The number of unbranched alkanes of at least 4 members (excludes halogenated alkanes) is 1. The third kappa shape index (κ3) is 5.36. The molecule has 1 aromatic carbocycles. The molecular formula is C15H18F4O2. The van der Waals surface area contributed by atoms with Gasteiger partial charge in [0.1, 0.15) is 0 Å². The van der Waals surface area contributed by atoms with Crippen LogP contribution in [-0.4, -0.2) is 12.1 Å². The fraction of sp³-hybridized carbons (Fsp3) is 0.533. The molecule has 0 radical (unpaired) electrons. The van der Waals surface area contributed by atoms with Crippen LogP contribution in [0.2, 0.25) is 0 Å². The molecule has 0 aliphatic carbocycles. The minimum Gasteiger partial charge on any atom is -0.403 e. The van der Waals surface area contributed by atoms with E-state index in [0.29, 0.717) is 12.8 Å². The highest BCUT2D eigenvalue weighted by molar-refractivity contribution is 5.97. The summed E-state index contributed by atoms with van der Waals surface area (Å²) < 4.78 is 53.3. The Hall–Kier alpha value is -1.59. The molecule has 0 saturated carbocycles. The second kappa shape index (κ2) is 7.43. The maximum atomic E-state index is 13.6. The summed E-state index contributed by atoms with van der Waals surface area (Å²) in [5.41, 5.74) is 0.0741. The van der Waals surface area contributed by atoms with Crippen molar-refractivity contribution in [2.45, 2.75) is 45.9 Å². The van der Waals surface area contributed by atoms with Crippen molar-refractivity contribution in [2.24, 2.45) is 5.92 Å². The Morgan fingerprint density at radius 1 is 1.29 bits per heavy atom. The van der Waals surface area contributed by atoms with E-state index in [2.05, 4.69) is 4.74 Å². The molecule has 1 rings (SSSR count). The van der Waals surface area contributed by atoms with Crippen LogP contribution in [0.3, 0.4) is 0 Å². The molecule has 0 amide bonds. The number of halogens is 4. The van der Waals surface area contributed by atoms with Crippen LogP contribution >= 0.6 is 0 Å². The number of hydrogen-bond donors (Lipinski definition) is 0. The average Bonchev–Trinajstić information content (AvgIpc) is 2.40. The first kappa shape index (κ1) is 17.5. The van der Waals surface area contributed by atoms with E-state index in [4.69, 9.17) is 0 Å². The van der Waals surface area contributed by atoms with Gasteiger partial charge in [0, 0.05) is 11.5 Å². The third-order valence-electron chi connectivity index (χ3n) is 3.21. The molecule has 21 heavy (non-hydrogen) atoms. The van der Waals surface area contributed by atoms with E-state index in [1.807, 2.05) is 13.8 Å². The van der Waals surface area contributed by atoms with Gasteiger partial charge in [0.2, 0.25) is 0 Å². The largest absolute Gasteiger partial charge is 0.573 e. The molecule has 6 heteroatoms. The number of rotatable bonds is 7. The second-order valence-corrected chi connectivity index (χ2v) is 4.80. The Bertz CT molecular complexity index is 483. The summed E-state index contributed by atoms with van der Waals surface area (Å²) in [5.74, 6) is -2.61. The number of ether oxygens (including phenoxy) is 1. The Morgan fingerprint density at radius 2 is 1.95 bits per heavy atom. The molecular weight excluding hydrogens is 288 g/mol. The van der Waals surface area contributed by atoms with Crippen molar-refractivity contribution in [1.29, 1.82) is 0 Å². The third-order valence-corrected chi connectivity index (χ3v) is 3.21. The van der Waals surface area contributed by atoms with E-state index in [9.17, 15) is 22.4 Å². The smallest absolute Gasteiger partial charge is 0.403 e. The molecule has 0 aromatic heterocycles. The summed E-state index contributed by atoms with van der Waals surface area (Å²) in [6, 6.07) is 2.81. The molecule has 0 heterocycles. The summed E-state index contributed by atoms with van der Waals surface area (Å²) in [5, 5.41) is 0. The van der Waals surface area contributed by atoms with Crippen molar-refractivity contribution >= 4 is 5.78 Å². The van der Waals surface area contributed by atoms with Gasteiger partial charge in [-0.05, 0) is 31.0 Å². The second-order valence-electron chi connectivity index (χ2n) is 4.80. The van der Waals surface area contributed by atoms with Crippen molar-refractivity contribution in [3.05, 3.63) is 29.6 Å². The number of ketones is 1. The van der Waals surface area contributed by atoms with Crippen molar-refractivity contribution in [3.63, 3.8) is 0 Å². The number of carbonyl (C=O) groups is 1. The molecule has 1 unspecified atom stereocenters. The standard InChI is InChI=1S/C15H18F4O2/c1-3-5-6-10(4-2)14(20)11-7-8-13(12(16)9-11)21-15(17,18)19/h7-10H,3-6H2,1-2H3. The van der Waals surface area contributed by atoms with Crippen LogP contribution in [0.25, 0.3) is 0 Å². The molecule has 0 bridgehead atoms. The Kier molecular flexibility index (Phi) is 6.18. The lowest BCUT2D eigenvalue weighted by Crippen LogP contribution is -2.18. The minimum absolute atomic E-state index is 0.0741. The average molecular weight is 306 g/mol. The number of alkyl halides is 3. The topological polar surface area (TPSA) is 26.3 Å². The number of hydrogen-bond acceptors (Lipinski definition) is 2. The summed E-state index contributed by atoms with van der Waals surface area (Å²) in [6.45, 7) is 3.86. The van der Waals surface area contributed by atoms with Gasteiger partial charge in [0.25, 0.3) is 0 Å². The first-order chi connectivity index (χ1) is 9.78. The molecule has 0 N–H and O–H groups in total. The monoisotopic (exact) mass is 306 g/mol. The quantitative estimate of drug-likeness (QED) is 0.516. The maximum Gasteiger partial charge on any atom is 0.573 e. The van der Waals surface area contributed by atoms with Crippen molar-refractivity contribution in [3.8, 4) is 5.75 Å². The lowest BCUT2D eigenvalue weighted by atomic mass is 9.90. The van der Waals surface area contributed by atoms with Gasteiger partial charge in [0.05, 0.1) is 0 Å². The minimum atomic E-state index is -4.96. The number of Topliss-reactive ketones (excluding diaryl/α,β-unsaturated/α-hetero) is 1. The molecule has 118 valence electrons. The Balaban J connectivity index is 2.89. The lowest BCUT2D eigenvalue weighted by Gasteiger charge is -2.14. The van der Waals surface area contributed by atoms with Gasteiger partial charge in [-0.25, -0.2) is 4.39 Å². The summed E-state index contributed by atoms with van der Waals surface area (Å²) in [4.78, 5) is 12.2. The van der Waals surface area contributed by atoms with Crippen LogP contribution in [0, 0.1) is 11.7 Å². The van der Waals surface area contributed by atoms with Crippen LogP contribution < -0.4 is 4.74 Å². The molecule has 0 fully saturated rings. The van der Waals surface area contributed by atoms with Gasteiger partial charge in [-0.15, -0.1) is 13.2 Å². The van der Waals surface area contributed by atoms with Crippen LogP contribution in [0.4, 0.5) is 17.6 Å². The number of carbonyl (C=O) groups excluding carboxylic acids is 1. The van der Waals surface area contributed by atoms with Crippen molar-refractivity contribution < 1.29 is 27.1 Å².